The molecule has 1 amide bonds. The minimum Gasteiger partial charge on any atom is -0.385 e. The van der Waals surface area contributed by atoms with Crippen molar-refractivity contribution in [1.29, 1.82) is 1.43 Å². The van der Waals surface area contributed by atoms with Crippen molar-refractivity contribution >= 4 is 17.5 Å². The van der Waals surface area contributed by atoms with Gasteiger partial charge < -0.3 is 14.9 Å². The van der Waals surface area contributed by atoms with Crippen molar-refractivity contribution in [3.63, 3.8) is 0 Å². The molecule has 3 aromatic carbocycles. The summed E-state index contributed by atoms with van der Waals surface area (Å²) >= 11 is 6.07. The quantitative estimate of drug-likeness (QED) is 0.491. The Kier molecular flexibility index (Phi) is 7.00. The zero-order chi connectivity index (χ0) is 24.9. The zero-order valence-corrected chi connectivity index (χ0v) is 20.7. The highest BCUT2D eigenvalue weighted by atomic mass is 35.5. The van der Waals surface area contributed by atoms with Gasteiger partial charge in [-0.1, -0.05) is 84.4 Å². The van der Waals surface area contributed by atoms with Gasteiger partial charge in [0.05, 0.1) is 5.60 Å². The smallest absolute Gasteiger partial charge is 0.237 e. The molecule has 0 spiro atoms. The standard InChI is InChI=1S/C29H33ClN2O2/c1-31(2)27(33)29(24-9-5-3-6-10-24,25-11-7-4-8-12-25)19-22-32-20-17-28(34,18-21-32)23-13-15-26(30)16-14-23/h3-16,34H,17-22H2,1-2H3/i34D. The van der Waals surface area contributed by atoms with E-state index in [-0.39, 0.29) is 5.91 Å². The van der Waals surface area contributed by atoms with Crippen molar-refractivity contribution in [2.45, 2.75) is 30.3 Å². The number of carbonyl (C=O) groups excluding carboxylic acids is 1. The van der Waals surface area contributed by atoms with Crippen LogP contribution < -0.4 is 0 Å². The predicted octanol–water partition coefficient (Wildman–Crippen LogP) is 5.09. The number of hydrogen-bond donors (Lipinski definition) is 1. The maximum absolute atomic E-state index is 13.9. The van der Waals surface area contributed by atoms with Gasteiger partial charge in [0.15, 0.2) is 0 Å². The summed E-state index contributed by atoms with van der Waals surface area (Å²) in [4.78, 5) is 17.9. The number of rotatable bonds is 8. The van der Waals surface area contributed by atoms with E-state index in [1.807, 2.05) is 74.8 Å². The normalized spacial score (nSPS) is 16.6. The second-order valence-electron chi connectivity index (χ2n) is 9.43. The number of aliphatic hydroxyl groups is 1. The maximum Gasteiger partial charge on any atom is 0.237 e. The van der Waals surface area contributed by atoms with Crippen molar-refractivity contribution in [2.75, 3.05) is 33.7 Å². The van der Waals surface area contributed by atoms with Crippen LogP contribution in [0.4, 0.5) is 0 Å². The monoisotopic (exact) mass is 477 g/mol. The average molecular weight is 478 g/mol. The van der Waals surface area contributed by atoms with Gasteiger partial charge in [-0.15, -0.1) is 0 Å². The SMILES string of the molecule is [2H]OC1(c2ccc(Cl)cc2)CCN(CCC(C(=O)N(C)C)(c2ccccc2)c2ccccc2)CC1. The lowest BCUT2D eigenvalue weighted by molar-refractivity contribution is -0.133. The second kappa shape index (κ2) is 10.3. The van der Waals surface area contributed by atoms with Crippen LogP contribution in [0, 0.1) is 0 Å². The lowest BCUT2D eigenvalue weighted by atomic mass is 9.70. The fourth-order valence-corrected chi connectivity index (χ4v) is 5.27. The number of hydrogen-bond acceptors (Lipinski definition) is 3. The second-order valence-corrected chi connectivity index (χ2v) is 9.87. The van der Waals surface area contributed by atoms with Gasteiger partial charge in [-0.05, 0) is 54.6 Å². The molecule has 34 heavy (non-hydrogen) atoms. The Bertz CT molecular complexity index is 1060. The van der Waals surface area contributed by atoms with E-state index in [1.165, 1.54) is 0 Å². The van der Waals surface area contributed by atoms with E-state index in [9.17, 15) is 4.79 Å². The molecule has 178 valence electrons. The molecule has 0 saturated carbocycles. The third kappa shape index (κ3) is 4.90. The molecule has 4 rings (SSSR count). The van der Waals surface area contributed by atoms with Crippen LogP contribution in [0.25, 0.3) is 0 Å². The molecule has 1 fully saturated rings. The first kappa shape index (κ1) is 23.1. The summed E-state index contributed by atoms with van der Waals surface area (Å²) < 4.78 is 7.83. The Morgan fingerprint density at radius 2 is 1.50 bits per heavy atom. The minimum atomic E-state index is -0.775. The molecular weight excluding hydrogens is 444 g/mol. The Labute approximate surface area is 209 Å². The highest BCUT2D eigenvalue weighted by Crippen LogP contribution is 2.39. The first-order valence-corrected chi connectivity index (χ1v) is 12.2. The van der Waals surface area contributed by atoms with Crippen LogP contribution >= 0.6 is 11.6 Å². The Balaban J connectivity index is 1.58. The highest BCUT2D eigenvalue weighted by molar-refractivity contribution is 6.30. The molecule has 3 aromatic rings. The largest absolute Gasteiger partial charge is 0.385 e. The van der Waals surface area contributed by atoms with Crippen LogP contribution in [-0.2, 0) is 15.8 Å². The van der Waals surface area contributed by atoms with E-state index in [0.29, 0.717) is 24.3 Å². The molecule has 0 unspecified atom stereocenters. The number of benzene rings is 3. The van der Waals surface area contributed by atoms with E-state index >= 15 is 0 Å². The number of carbonyl (C=O) groups is 1. The van der Waals surface area contributed by atoms with Gasteiger partial charge >= 0.3 is 0 Å². The Morgan fingerprint density at radius 1 is 0.971 bits per heavy atom. The summed E-state index contributed by atoms with van der Waals surface area (Å²) in [5.41, 5.74) is 1.60. The molecule has 0 radical (unpaired) electrons. The summed E-state index contributed by atoms with van der Waals surface area (Å²) in [6.45, 7) is 2.34. The maximum atomic E-state index is 13.9. The molecule has 1 N–H and O–H groups in total. The molecule has 0 bridgehead atoms. The number of amides is 1. The van der Waals surface area contributed by atoms with Gasteiger partial charge in [-0.2, -0.15) is 0 Å². The van der Waals surface area contributed by atoms with Crippen molar-refractivity contribution in [2.24, 2.45) is 0 Å². The van der Waals surface area contributed by atoms with E-state index in [4.69, 9.17) is 18.1 Å². The third-order valence-electron chi connectivity index (χ3n) is 7.14. The molecule has 5 heteroatoms. The molecule has 1 heterocycles. The number of nitrogens with zero attached hydrogens (tertiary/aromatic N) is 2. The summed E-state index contributed by atoms with van der Waals surface area (Å²) in [6, 6.07) is 27.8. The molecule has 1 aliphatic rings. The molecule has 0 aliphatic carbocycles. The Hall–Kier alpha value is -2.66. The highest BCUT2D eigenvalue weighted by Gasteiger charge is 2.43. The minimum absolute atomic E-state index is 0.0805. The van der Waals surface area contributed by atoms with Crippen molar-refractivity contribution in [3.8, 4) is 0 Å². The summed E-state index contributed by atoms with van der Waals surface area (Å²) in [5.74, 6) is 0.0805. The average Bonchev–Trinajstić information content (AvgIpc) is 2.91. The first-order chi connectivity index (χ1) is 16.9. The van der Waals surface area contributed by atoms with Gasteiger partial charge in [0.1, 0.15) is 5.41 Å². The van der Waals surface area contributed by atoms with Crippen molar-refractivity contribution in [1.82, 2.24) is 9.80 Å². The first-order valence-electron chi connectivity index (χ1n) is 12.3. The van der Waals surface area contributed by atoms with E-state index < -0.39 is 11.0 Å². The van der Waals surface area contributed by atoms with Gasteiger partial charge in [0, 0.05) is 32.2 Å². The van der Waals surface area contributed by atoms with Crippen LogP contribution in [0.2, 0.25) is 5.02 Å². The summed E-state index contributed by atoms with van der Waals surface area (Å²) in [7, 11) is 3.66. The molecule has 0 aromatic heterocycles. The fraction of sp³-hybridized carbons (Fsp3) is 0.345. The van der Waals surface area contributed by atoms with Crippen molar-refractivity contribution < 1.29 is 9.90 Å². The lowest BCUT2D eigenvalue weighted by Crippen LogP contribution is -2.48. The molecule has 1 aliphatic heterocycles. The van der Waals surface area contributed by atoms with E-state index in [2.05, 4.69) is 29.2 Å². The zero-order valence-electron chi connectivity index (χ0n) is 20.9. The summed E-state index contributed by atoms with van der Waals surface area (Å²) in [6.07, 6.45) is 2.08. The Morgan fingerprint density at radius 3 is 1.97 bits per heavy atom. The fourth-order valence-electron chi connectivity index (χ4n) is 5.14. The van der Waals surface area contributed by atoms with Crippen LogP contribution in [-0.4, -0.2) is 56.0 Å². The predicted molar refractivity (Wildman–Crippen MR) is 138 cm³/mol. The number of piperidine rings is 1. The number of halogens is 1. The van der Waals surface area contributed by atoms with Gasteiger partial charge in [-0.3, -0.25) is 4.79 Å². The molecule has 1 saturated heterocycles. The van der Waals surface area contributed by atoms with Crippen LogP contribution in [0.15, 0.2) is 84.9 Å². The number of likely N-dealkylation sites (N-methyl/N-ethyl adjacent to an activating group) is 1. The van der Waals surface area contributed by atoms with Gasteiger partial charge in [0.25, 0.3) is 0 Å². The summed E-state index contributed by atoms with van der Waals surface area (Å²) in [5, 5.41) is 6.00. The van der Waals surface area contributed by atoms with Gasteiger partial charge in [-0.25, -0.2) is 0 Å². The van der Waals surface area contributed by atoms with Crippen molar-refractivity contribution in [3.05, 3.63) is 107 Å². The topological polar surface area (TPSA) is 43.8 Å². The van der Waals surface area contributed by atoms with Crippen LogP contribution in [0.1, 0.15) is 36.0 Å². The lowest BCUT2D eigenvalue weighted by Gasteiger charge is -2.41. The molecular formula is C29H33ClN2O2. The van der Waals surface area contributed by atoms with Crippen LogP contribution in [0.5, 0.6) is 0 Å². The third-order valence-corrected chi connectivity index (χ3v) is 7.39. The van der Waals surface area contributed by atoms with Gasteiger partial charge in [0.2, 0.25) is 7.34 Å². The molecule has 0 atom stereocenters. The van der Waals surface area contributed by atoms with E-state index in [1.54, 1.807) is 4.90 Å². The van der Waals surface area contributed by atoms with Crippen LogP contribution in [0.3, 0.4) is 0 Å². The van der Waals surface area contributed by atoms with E-state index in [0.717, 1.165) is 36.3 Å². The molecule has 4 nitrogen and oxygen atoms in total. The number of likely N-dealkylation sites (tertiary alicyclic amines) is 1.